The standard InChI is InChI=1S/C26H27NO.C4H4O4/c1-3-10-21(11-4-1)12-9-18-27-19-17-26(22-13-5-2-6-14-22)24(20-27)23-15-7-8-16-25(23)28-26;5-3(6)1-2-4(7)8/h1-8,10-11,13-16,24H,9,12,17-20H2;1-2H,(H,5,6)(H,7,8)/t24-,26+;/m1./s1. The first kappa shape index (κ1) is 25.2. The zero-order chi connectivity index (χ0) is 25.4. The molecule has 0 radical (unpaired) electrons. The molecule has 2 heterocycles. The van der Waals surface area contributed by atoms with Gasteiger partial charge in [0.05, 0.1) is 0 Å². The number of benzene rings is 3. The zero-order valence-electron chi connectivity index (χ0n) is 20.1. The fourth-order valence-corrected chi connectivity index (χ4v) is 5.15. The summed E-state index contributed by atoms with van der Waals surface area (Å²) in [7, 11) is 0. The van der Waals surface area contributed by atoms with Gasteiger partial charge >= 0.3 is 11.9 Å². The molecule has 36 heavy (non-hydrogen) atoms. The number of rotatable bonds is 7. The van der Waals surface area contributed by atoms with Crippen LogP contribution in [-0.4, -0.2) is 46.7 Å². The van der Waals surface area contributed by atoms with Crippen LogP contribution in [0.4, 0.5) is 0 Å². The number of fused-ring (bicyclic) bond motifs is 3. The van der Waals surface area contributed by atoms with Gasteiger partial charge in [0, 0.05) is 43.1 Å². The molecule has 2 atom stereocenters. The van der Waals surface area contributed by atoms with Crippen LogP contribution in [0.5, 0.6) is 5.75 Å². The van der Waals surface area contributed by atoms with Gasteiger partial charge in [-0.2, -0.15) is 0 Å². The van der Waals surface area contributed by atoms with Gasteiger partial charge in [-0.05, 0) is 36.6 Å². The van der Waals surface area contributed by atoms with Crippen molar-refractivity contribution in [1.82, 2.24) is 4.90 Å². The number of carboxylic acids is 2. The Hall–Kier alpha value is -3.90. The molecule has 0 aromatic heterocycles. The first-order valence-corrected chi connectivity index (χ1v) is 12.2. The van der Waals surface area contributed by atoms with Crippen LogP contribution in [0, 0.1) is 0 Å². The summed E-state index contributed by atoms with van der Waals surface area (Å²) in [4.78, 5) is 21.7. The molecule has 0 spiro atoms. The molecule has 0 amide bonds. The zero-order valence-corrected chi connectivity index (χ0v) is 20.1. The van der Waals surface area contributed by atoms with Crippen LogP contribution in [0.1, 0.15) is 35.4 Å². The average molecular weight is 486 g/mol. The number of para-hydroxylation sites is 1. The fraction of sp³-hybridized carbons (Fsp3) is 0.267. The molecule has 6 nitrogen and oxygen atoms in total. The lowest BCUT2D eigenvalue weighted by molar-refractivity contribution is -0.134. The largest absolute Gasteiger partial charge is 0.482 e. The van der Waals surface area contributed by atoms with E-state index in [1.165, 1.54) is 23.1 Å². The van der Waals surface area contributed by atoms with Crippen LogP contribution in [0.15, 0.2) is 97.1 Å². The van der Waals surface area contributed by atoms with Crippen molar-refractivity contribution in [2.75, 3.05) is 19.6 Å². The highest BCUT2D eigenvalue weighted by Crippen LogP contribution is 2.54. The van der Waals surface area contributed by atoms with E-state index in [1.807, 2.05) is 0 Å². The number of hydrogen-bond acceptors (Lipinski definition) is 4. The van der Waals surface area contributed by atoms with Gasteiger partial charge in [0.25, 0.3) is 0 Å². The maximum Gasteiger partial charge on any atom is 0.328 e. The summed E-state index contributed by atoms with van der Waals surface area (Å²) in [5.41, 5.74) is 3.92. The Labute approximate surface area is 211 Å². The predicted molar refractivity (Wildman–Crippen MR) is 138 cm³/mol. The van der Waals surface area contributed by atoms with E-state index in [-0.39, 0.29) is 5.60 Å². The van der Waals surface area contributed by atoms with Crippen molar-refractivity contribution in [2.45, 2.75) is 30.8 Å². The monoisotopic (exact) mass is 485 g/mol. The second-order valence-electron chi connectivity index (χ2n) is 9.10. The van der Waals surface area contributed by atoms with Crippen LogP contribution in [0.25, 0.3) is 0 Å². The average Bonchev–Trinajstić information content (AvgIpc) is 3.24. The third kappa shape index (κ3) is 6.01. The molecule has 2 aliphatic heterocycles. The quantitative estimate of drug-likeness (QED) is 0.453. The van der Waals surface area contributed by atoms with E-state index in [2.05, 4.69) is 89.8 Å². The Bertz CT molecular complexity index is 1180. The maximum atomic E-state index is 9.55. The van der Waals surface area contributed by atoms with Gasteiger partial charge in [0.1, 0.15) is 11.4 Å². The molecule has 0 aliphatic carbocycles. The van der Waals surface area contributed by atoms with E-state index in [4.69, 9.17) is 14.9 Å². The van der Waals surface area contributed by atoms with E-state index in [9.17, 15) is 9.59 Å². The Morgan fingerprint density at radius 3 is 2.17 bits per heavy atom. The lowest BCUT2D eigenvalue weighted by Crippen LogP contribution is -2.49. The van der Waals surface area contributed by atoms with Gasteiger partial charge < -0.3 is 19.8 Å². The third-order valence-corrected chi connectivity index (χ3v) is 6.80. The molecule has 3 aromatic rings. The summed E-state index contributed by atoms with van der Waals surface area (Å²) in [6.45, 7) is 3.31. The van der Waals surface area contributed by atoms with Gasteiger partial charge in [-0.1, -0.05) is 78.9 Å². The minimum Gasteiger partial charge on any atom is -0.482 e. The number of aryl methyl sites for hydroxylation is 1. The van der Waals surface area contributed by atoms with Crippen LogP contribution in [0.2, 0.25) is 0 Å². The third-order valence-electron chi connectivity index (χ3n) is 6.80. The summed E-state index contributed by atoms with van der Waals surface area (Å²) in [6.07, 6.45) is 4.52. The van der Waals surface area contributed by atoms with Crippen molar-refractivity contribution >= 4 is 11.9 Å². The highest BCUT2D eigenvalue weighted by atomic mass is 16.5. The first-order valence-electron chi connectivity index (χ1n) is 12.2. The molecular weight excluding hydrogens is 454 g/mol. The second kappa shape index (κ2) is 11.7. The number of hydrogen-bond donors (Lipinski definition) is 2. The molecule has 5 rings (SSSR count). The maximum absolute atomic E-state index is 9.55. The summed E-state index contributed by atoms with van der Waals surface area (Å²) in [6, 6.07) is 30.3. The van der Waals surface area contributed by atoms with Crippen molar-refractivity contribution in [3.8, 4) is 5.75 Å². The number of nitrogens with zero attached hydrogens (tertiary/aromatic N) is 1. The number of carbonyl (C=O) groups is 2. The van der Waals surface area contributed by atoms with E-state index in [0.29, 0.717) is 18.1 Å². The molecule has 6 heteroatoms. The van der Waals surface area contributed by atoms with E-state index >= 15 is 0 Å². The normalized spacial score (nSPS) is 20.5. The molecular formula is C30H31NO5. The van der Waals surface area contributed by atoms with Crippen molar-refractivity contribution in [2.24, 2.45) is 0 Å². The number of piperidine rings is 1. The summed E-state index contributed by atoms with van der Waals surface area (Å²) in [5.74, 6) is -1.04. The first-order chi connectivity index (χ1) is 17.5. The highest BCUT2D eigenvalue weighted by Gasteiger charge is 2.52. The fourth-order valence-electron chi connectivity index (χ4n) is 5.15. The summed E-state index contributed by atoms with van der Waals surface area (Å²) in [5, 5.41) is 15.6. The Morgan fingerprint density at radius 1 is 0.889 bits per heavy atom. The van der Waals surface area contributed by atoms with Crippen LogP contribution >= 0.6 is 0 Å². The van der Waals surface area contributed by atoms with Crippen LogP contribution in [0.3, 0.4) is 0 Å². The minimum absolute atomic E-state index is 0.207. The second-order valence-corrected chi connectivity index (χ2v) is 9.10. The lowest BCUT2D eigenvalue weighted by atomic mass is 9.74. The molecule has 3 aromatic carbocycles. The van der Waals surface area contributed by atoms with E-state index in [1.54, 1.807) is 0 Å². The number of ether oxygens (including phenoxy) is 1. The van der Waals surface area contributed by atoms with Crippen molar-refractivity contribution in [1.29, 1.82) is 0 Å². The van der Waals surface area contributed by atoms with Crippen molar-refractivity contribution in [3.63, 3.8) is 0 Å². The highest BCUT2D eigenvalue weighted by molar-refractivity contribution is 5.89. The molecule has 0 unspecified atom stereocenters. The lowest BCUT2D eigenvalue weighted by Gasteiger charge is -2.43. The molecule has 2 aliphatic rings. The Balaban J connectivity index is 0.000000331. The van der Waals surface area contributed by atoms with Crippen LogP contribution < -0.4 is 4.74 Å². The van der Waals surface area contributed by atoms with Crippen molar-refractivity contribution in [3.05, 3.63) is 114 Å². The van der Waals surface area contributed by atoms with E-state index < -0.39 is 11.9 Å². The molecule has 1 fully saturated rings. The summed E-state index contributed by atoms with van der Waals surface area (Å²) < 4.78 is 6.68. The number of aliphatic carboxylic acids is 2. The summed E-state index contributed by atoms with van der Waals surface area (Å²) >= 11 is 0. The number of carboxylic acid groups (broad SMARTS) is 2. The van der Waals surface area contributed by atoms with Gasteiger partial charge in [-0.25, -0.2) is 9.59 Å². The minimum atomic E-state index is -1.26. The van der Waals surface area contributed by atoms with Gasteiger partial charge in [-0.3, -0.25) is 0 Å². The van der Waals surface area contributed by atoms with Gasteiger partial charge in [-0.15, -0.1) is 0 Å². The molecule has 1 saturated heterocycles. The Kier molecular flexibility index (Phi) is 8.18. The van der Waals surface area contributed by atoms with Crippen molar-refractivity contribution < 1.29 is 24.5 Å². The van der Waals surface area contributed by atoms with Crippen LogP contribution in [-0.2, 0) is 21.6 Å². The predicted octanol–water partition coefficient (Wildman–Crippen LogP) is 5.11. The SMILES string of the molecule is O=C(O)C=CC(=O)O.c1ccc(CCCN2CC[C@@]3(c4ccccc4)Oc4ccccc4[C@H]3C2)cc1. The van der Waals surface area contributed by atoms with Gasteiger partial charge in [0.2, 0.25) is 0 Å². The number of likely N-dealkylation sites (tertiary alicyclic amines) is 1. The molecule has 2 N–H and O–H groups in total. The molecule has 186 valence electrons. The Morgan fingerprint density at radius 2 is 1.50 bits per heavy atom. The van der Waals surface area contributed by atoms with Gasteiger partial charge in [0.15, 0.2) is 0 Å². The molecule has 0 bridgehead atoms. The smallest absolute Gasteiger partial charge is 0.328 e. The topological polar surface area (TPSA) is 87.1 Å². The molecule has 0 saturated carbocycles. The van der Waals surface area contributed by atoms with E-state index in [0.717, 1.165) is 38.2 Å².